The van der Waals surface area contributed by atoms with Gasteiger partial charge in [0.2, 0.25) is 5.91 Å². The van der Waals surface area contributed by atoms with E-state index in [4.69, 9.17) is 10.5 Å². The molecule has 2 aromatic rings. The maximum Gasteiger partial charge on any atom is 0.264 e. The van der Waals surface area contributed by atoms with E-state index in [1.165, 1.54) is 37.5 Å². The van der Waals surface area contributed by atoms with Crippen molar-refractivity contribution >= 4 is 27.9 Å². The van der Waals surface area contributed by atoms with Gasteiger partial charge in [0, 0.05) is 11.6 Å². The zero-order valence-corrected chi connectivity index (χ0v) is 14.4. The van der Waals surface area contributed by atoms with Crippen molar-refractivity contribution in [3.05, 3.63) is 65.5 Å². The van der Waals surface area contributed by atoms with Crippen molar-refractivity contribution in [3.8, 4) is 5.75 Å². The van der Waals surface area contributed by atoms with Gasteiger partial charge in [-0.1, -0.05) is 6.07 Å². The Hall–Kier alpha value is -3.20. The molecule has 0 fully saturated rings. The molecule has 0 aliphatic rings. The van der Waals surface area contributed by atoms with Gasteiger partial charge in [0.25, 0.3) is 15.9 Å². The quantitative estimate of drug-likeness (QED) is 0.738. The number of ether oxygens (including phenoxy) is 1. The first-order valence-corrected chi connectivity index (χ1v) is 8.69. The van der Waals surface area contributed by atoms with Gasteiger partial charge in [-0.2, -0.15) is 0 Å². The van der Waals surface area contributed by atoms with Gasteiger partial charge < -0.3 is 10.5 Å². The summed E-state index contributed by atoms with van der Waals surface area (Å²) in [5.74, 6) is -2.18. The fraction of sp³-hybridized carbons (Fsp3) is 0.0588. The Bertz CT molecular complexity index is 969. The average Bonchev–Trinajstić information content (AvgIpc) is 2.60. The highest BCUT2D eigenvalue weighted by Gasteiger charge is 2.16. The van der Waals surface area contributed by atoms with E-state index < -0.39 is 27.7 Å². The van der Waals surface area contributed by atoms with Crippen LogP contribution in [0.15, 0.2) is 53.4 Å². The van der Waals surface area contributed by atoms with Crippen LogP contribution in [0.2, 0.25) is 0 Å². The number of nitrogens with one attached hydrogen (secondary N) is 1. The van der Waals surface area contributed by atoms with Gasteiger partial charge in [-0.05, 0) is 48.0 Å². The van der Waals surface area contributed by atoms with Gasteiger partial charge in [0.15, 0.2) is 11.6 Å². The van der Waals surface area contributed by atoms with Crippen LogP contribution in [0, 0.1) is 5.82 Å². The number of hydrogen-bond donors (Lipinski definition) is 2. The molecular weight excluding hydrogens is 363 g/mol. The Kier molecular flexibility index (Phi) is 5.73. The minimum atomic E-state index is -4.12. The van der Waals surface area contributed by atoms with Gasteiger partial charge >= 0.3 is 0 Å². The van der Waals surface area contributed by atoms with Gasteiger partial charge in [-0.3, -0.25) is 9.59 Å². The monoisotopic (exact) mass is 378 g/mol. The number of methoxy groups -OCH3 is 1. The van der Waals surface area contributed by atoms with E-state index in [0.29, 0.717) is 5.56 Å². The predicted molar refractivity (Wildman–Crippen MR) is 92.3 cm³/mol. The van der Waals surface area contributed by atoms with E-state index in [0.717, 1.165) is 24.3 Å². The van der Waals surface area contributed by atoms with E-state index in [1.807, 2.05) is 4.72 Å². The normalized spacial score (nSPS) is 11.3. The van der Waals surface area contributed by atoms with E-state index in [9.17, 15) is 22.4 Å². The standard InChI is InChI=1S/C17H15FN2O5S/c1-25-15-8-2-11(10-14(15)18)3-9-16(21)20-26(23,24)13-6-4-12(5-7-13)17(19)22/h2-10H,1H3,(H2,19,22)(H,20,21)/b9-3+. The number of nitrogens with two attached hydrogens (primary N) is 1. The molecule has 0 heterocycles. The average molecular weight is 378 g/mol. The fourth-order valence-corrected chi connectivity index (χ4v) is 2.93. The van der Waals surface area contributed by atoms with Crippen LogP contribution in [-0.2, 0) is 14.8 Å². The lowest BCUT2D eigenvalue weighted by molar-refractivity contribution is -0.114. The third-order valence-corrected chi connectivity index (χ3v) is 4.65. The lowest BCUT2D eigenvalue weighted by atomic mass is 10.2. The minimum Gasteiger partial charge on any atom is -0.494 e. The summed E-state index contributed by atoms with van der Waals surface area (Å²) in [6.45, 7) is 0. The summed E-state index contributed by atoms with van der Waals surface area (Å²) in [6.07, 6.45) is 2.21. The van der Waals surface area contributed by atoms with Crippen LogP contribution in [-0.4, -0.2) is 27.3 Å². The molecule has 0 radical (unpaired) electrons. The number of amides is 2. The molecule has 0 aliphatic carbocycles. The van der Waals surface area contributed by atoms with Crippen LogP contribution in [0.5, 0.6) is 5.75 Å². The summed E-state index contributed by atoms with van der Waals surface area (Å²) < 4.78 is 44.4. The van der Waals surface area contributed by atoms with E-state index in [2.05, 4.69) is 0 Å². The molecule has 0 saturated heterocycles. The Morgan fingerprint density at radius 3 is 2.35 bits per heavy atom. The second-order valence-corrected chi connectivity index (χ2v) is 6.77. The molecule has 2 aromatic carbocycles. The maximum atomic E-state index is 13.6. The summed E-state index contributed by atoms with van der Waals surface area (Å²) in [7, 11) is -2.80. The van der Waals surface area contributed by atoms with Crippen molar-refractivity contribution in [1.82, 2.24) is 4.72 Å². The first-order chi connectivity index (χ1) is 12.2. The highest BCUT2D eigenvalue weighted by molar-refractivity contribution is 7.90. The molecule has 0 aliphatic heterocycles. The third kappa shape index (κ3) is 4.67. The Morgan fingerprint density at radius 1 is 1.15 bits per heavy atom. The molecule has 0 saturated carbocycles. The number of halogens is 1. The SMILES string of the molecule is COc1ccc(/C=C/C(=O)NS(=O)(=O)c2ccc(C(N)=O)cc2)cc1F. The Morgan fingerprint density at radius 2 is 1.81 bits per heavy atom. The first kappa shape index (κ1) is 19.1. The largest absolute Gasteiger partial charge is 0.494 e. The van der Waals surface area contributed by atoms with Gasteiger partial charge in [-0.25, -0.2) is 17.5 Å². The summed E-state index contributed by atoms with van der Waals surface area (Å²) in [6, 6.07) is 8.79. The molecule has 0 bridgehead atoms. The smallest absolute Gasteiger partial charge is 0.264 e. The Balaban J connectivity index is 2.10. The molecule has 136 valence electrons. The van der Waals surface area contributed by atoms with E-state index in [1.54, 1.807) is 0 Å². The van der Waals surface area contributed by atoms with Gasteiger partial charge in [0.1, 0.15) is 0 Å². The number of rotatable bonds is 6. The number of carbonyl (C=O) groups excluding carboxylic acids is 2. The van der Waals surface area contributed by atoms with Crippen molar-refractivity contribution in [2.24, 2.45) is 5.73 Å². The number of sulfonamides is 1. The lowest BCUT2D eigenvalue weighted by Crippen LogP contribution is -2.29. The second-order valence-electron chi connectivity index (χ2n) is 5.09. The van der Waals surface area contributed by atoms with E-state index >= 15 is 0 Å². The molecule has 7 nitrogen and oxygen atoms in total. The minimum absolute atomic E-state index is 0.0496. The molecular formula is C17H15FN2O5S. The van der Waals surface area contributed by atoms with Crippen LogP contribution in [0.4, 0.5) is 4.39 Å². The van der Waals surface area contributed by atoms with E-state index in [-0.39, 0.29) is 16.2 Å². The molecule has 3 N–H and O–H groups in total. The zero-order valence-electron chi connectivity index (χ0n) is 13.6. The lowest BCUT2D eigenvalue weighted by Gasteiger charge is -2.05. The van der Waals surface area contributed by atoms with Gasteiger partial charge in [-0.15, -0.1) is 0 Å². The summed E-state index contributed by atoms with van der Waals surface area (Å²) in [5, 5.41) is 0. The maximum absolute atomic E-state index is 13.6. The van der Waals surface area contributed by atoms with Crippen molar-refractivity contribution in [2.45, 2.75) is 4.90 Å². The highest BCUT2D eigenvalue weighted by Crippen LogP contribution is 2.18. The molecule has 0 atom stereocenters. The fourth-order valence-electron chi connectivity index (χ4n) is 1.98. The number of carbonyl (C=O) groups is 2. The topological polar surface area (TPSA) is 116 Å². The molecule has 0 unspecified atom stereocenters. The molecule has 0 spiro atoms. The molecule has 2 rings (SSSR count). The van der Waals surface area contributed by atoms with Crippen LogP contribution in [0.25, 0.3) is 6.08 Å². The Labute approximate surface area is 149 Å². The van der Waals surface area contributed by atoms with Crippen molar-refractivity contribution in [2.75, 3.05) is 7.11 Å². The van der Waals surface area contributed by atoms with Crippen molar-refractivity contribution in [3.63, 3.8) is 0 Å². The number of primary amides is 1. The van der Waals surface area contributed by atoms with Crippen LogP contribution < -0.4 is 15.2 Å². The molecule has 26 heavy (non-hydrogen) atoms. The first-order valence-electron chi connectivity index (χ1n) is 7.21. The summed E-state index contributed by atoms with van der Waals surface area (Å²) >= 11 is 0. The summed E-state index contributed by atoms with van der Waals surface area (Å²) in [4.78, 5) is 22.6. The molecule has 2 amide bonds. The highest BCUT2D eigenvalue weighted by atomic mass is 32.2. The molecule has 0 aromatic heterocycles. The van der Waals surface area contributed by atoms with Crippen LogP contribution in [0.3, 0.4) is 0 Å². The van der Waals surface area contributed by atoms with Crippen LogP contribution in [0.1, 0.15) is 15.9 Å². The zero-order chi connectivity index (χ0) is 19.3. The van der Waals surface area contributed by atoms with Crippen LogP contribution >= 0.6 is 0 Å². The predicted octanol–water partition coefficient (Wildman–Crippen LogP) is 1.45. The van der Waals surface area contributed by atoms with Crippen molar-refractivity contribution in [1.29, 1.82) is 0 Å². The summed E-state index contributed by atoms with van der Waals surface area (Å²) in [5.41, 5.74) is 5.56. The van der Waals surface area contributed by atoms with Gasteiger partial charge in [0.05, 0.1) is 12.0 Å². The van der Waals surface area contributed by atoms with Crippen molar-refractivity contribution < 1.29 is 27.1 Å². The molecule has 9 heteroatoms. The third-order valence-electron chi connectivity index (χ3n) is 3.29. The number of hydrogen-bond acceptors (Lipinski definition) is 5. The number of benzene rings is 2. The second kappa shape index (κ2) is 7.79.